The molecule has 0 fully saturated rings. The minimum Gasteiger partial charge on any atom is -0.465 e. The Labute approximate surface area is 117 Å². The fraction of sp³-hybridized carbons (Fsp3) is 0.333. The van der Waals surface area contributed by atoms with Crippen LogP contribution in [0.1, 0.15) is 34.6 Å². The van der Waals surface area contributed by atoms with E-state index in [0.29, 0.717) is 16.9 Å². The molecule has 0 radical (unpaired) electrons. The first-order chi connectivity index (χ1) is 9.72. The molecule has 0 amide bonds. The van der Waals surface area contributed by atoms with E-state index < -0.39 is 0 Å². The second kappa shape index (κ2) is 5.00. The van der Waals surface area contributed by atoms with Crippen molar-refractivity contribution in [1.29, 1.82) is 0 Å². The lowest BCUT2D eigenvalue weighted by molar-refractivity contribution is 0.0601. The lowest BCUT2D eigenvalue weighted by Gasteiger charge is -2.17. The van der Waals surface area contributed by atoms with Gasteiger partial charge in [-0.15, -0.1) is 0 Å². The Hall–Kier alpha value is -2.30. The maximum absolute atomic E-state index is 11.9. The number of rotatable bonds is 2. The van der Waals surface area contributed by atoms with Crippen molar-refractivity contribution in [1.82, 2.24) is 9.55 Å². The summed E-state index contributed by atoms with van der Waals surface area (Å²) in [7, 11) is 1.37. The number of aryl methyl sites for hydroxylation is 1. The number of imidazole rings is 1. The van der Waals surface area contributed by atoms with Crippen LogP contribution in [0.25, 0.3) is 5.69 Å². The van der Waals surface area contributed by atoms with E-state index in [-0.39, 0.29) is 5.97 Å². The van der Waals surface area contributed by atoms with Crippen LogP contribution in [0.2, 0.25) is 0 Å². The van der Waals surface area contributed by atoms with Gasteiger partial charge in [-0.1, -0.05) is 6.07 Å². The highest BCUT2D eigenvalue weighted by Gasteiger charge is 2.21. The van der Waals surface area contributed by atoms with Crippen molar-refractivity contribution in [2.75, 3.05) is 12.8 Å². The minimum atomic E-state index is -0.384. The largest absolute Gasteiger partial charge is 0.465 e. The summed E-state index contributed by atoms with van der Waals surface area (Å²) in [5.41, 5.74) is 10.0. The topological polar surface area (TPSA) is 70.1 Å². The lowest BCUT2D eigenvalue weighted by Crippen LogP contribution is -2.13. The first kappa shape index (κ1) is 12.7. The Bertz CT molecular complexity index is 661. The number of hydrogen-bond donors (Lipinski definition) is 1. The number of esters is 1. The summed E-state index contributed by atoms with van der Waals surface area (Å²) in [5.74, 6) is -0.384. The summed E-state index contributed by atoms with van der Waals surface area (Å²) in [6.45, 7) is 0. The molecule has 2 N–H and O–H groups in total. The van der Waals surface area contributed by atoms with Gasteiger partial charge in [-0.25, -0.2) is 9.78 Å². The van der Waals surface area contributed by atoms with Crippen LogP contribution in [0.5, 0.6) is 0 Å². The third kappa shape index (κ3) is 1.95. The zero-order valence-electron chi connectivity index (χ0n) is 11.4. The van der Waals surface area contributed by atoms with E-state index in [4.69, 9.17) is 10.5 Å². The standard InChI is InChI=1S/C15H17N3O2/c1-20-15(19)10-5-4-6-11(16)14(10)18-9-17-12-7-2-3-8-13(12)18/h4-6,9H,2-3,7-8,16H2,1H3. The molecule has 1 heterocycles. The number of benzene rings is 1. The molecular formula is C15H17N3O2. The maximum Gasteiger partial charge on any atom is 0.340 e. The number of carbonyl (C=O) groups is 1. The van der Waals surface area contributed by atoms with Crippen LogP contribution in [0, 0.1) is 0 Å². The molecular weight excluding hydrogens is 254 g/mol. The molecule has 0 unspecified atom stereocenters. The summed E-state index contributed by atoms with van der Waals surface area (Å²) < 4.78 is 6.79. The minimum absolute atomic E-state index is 0.384. The fourth-order valence-corrected chi connectivity index (χ4v) is 2.77. The normalized spacial score (nSPS) is 13.8. The smallest absolute Gasteiger partial charge is 0.340 e. The molecule has 1 aromatic heterocycles. The molecule has 1 aromatic carbocycles. The molecule has 0 atom stereocenters. The van der Waals surface area contributed by atoms with Gasteiger partial charge in [-0.05, 0) is 37.8 Å². The van der Waals surface area contributed by atoms with Gasteiger partial charge in [0.1, 0.15) is 0 Å². The molecule has 5 heteroatoms. The number of hydrogen-bond acceptors (Lipinski definition) is 4. The maximum atomic E-state index is 11.9. The number of ether oxygens (including phenoxy) is 1. The van der Waals surface area contributed by atoms with Gasteiger partial charge in [0.15, 0.2) is 0 Å². The predicted molar refractivity (Wildman–Crippen MR) is 76.0 cm³/mol. The number of nitrogens with two attached hydrogens (primary N) is 1. The van der Waals surface area contributed by atoms with Crippen molar-refractivity contribution < 1.29 is 9.53 Å². The van der Waals surface area contributed by atoms with E-state index in [2.05, 4.69) is 4.98 Å². The molecule has 0 bridgehead atoms. The zero-order chi connectivity index (χ0) is 14.1. The van der Waals surface area contributed by atoms with E-state index in [9.17, 15) is 4.79 Å². The van der Waals surface area contributed by atoms with E-state index in [1.54, 1.807) is 24.5 Å². The number of fused-ring (bicyclic) bond motifs is 1. The van der Waals surface area contributed by atoms with Crippen molar-refractivity contribution in [3.8, 4) is 5.69 Å². The summed E-state index contributed by atoms with van der Waals surface area (Å²) in [6, 6.07) is 5.28. The fourth-order valence-electron chi connectivity index (χ4n) is 2.77. The molecule has 104 valence electrons. The van der Waals surface area contributed by atoms with E-state index in [1.165, 1.54) is 7.11 Å². The SMILES string of the molecule is COC(=O)c1cccc(N)c1-n1cnc2c1CCCC2. The van der Waals surface area contributed by atoms with Crippen molar-refractivity contribution in [2.24, 2.45) is 0 Å². The monoisotopic (exact) mass is 271 g/mol. The van der Waals surface area contributed by atoms with Gasteiger partial charge in [0.2, 0.25) is 0 Å². The van der Waals surface area contributed by atoms with Crippen molar-refractivity contribution in [3.63, 3.8) is 0 Å². The van der Waals surface area contributed by atoms with E-state index in [0.717, 1.165) is 37.1 Å². The Morgan fingerprint density at radius 3 is 2.95 bits per heavy atom. The highest BCUT2D eigenvalue weighted by atomic mass is 16.5. The number of nitrogen functional groups attached to an aromatic ring is 1. The molecule has 2 aromatic rings. The number of anilines is 1. The Morgan fingerprint density at radius 2 is 2.15 bits per heavy atom. The number of aromatic nitrogens is 2. The first-order valence-electron chi connectivity index (χ1n) is 6.74. The molecule has 5 nitrogen and oxygen atoms in total. The third-order valence-corrected chi connectivity index (χ3v) is 3.74. The number of para-hydroxylation sites is 1. The number of nitrogens with zero attached hydrogens (tertiary/aromatic N) is 2. The van der Waals surface area contributed by atoms with Crippen molar-refractivity contribution in [3.05, 3.63) is 41.5 Å². The van der Waals surface area contributed by atoms with Crippen LogP contribution in [0.15, 0.2) is 24.5 Å². The third-order valence-electron chi connectivity index (χ3n) is 3.74. The van der Waals surface area contributed by atoms with Gasteiger partial charge < -0.3 is 15.0 Å². The van der Waals surface area contributed by atoms with Gasteiger partial charge >= 0.3 is 5.97 Å². The van der Waals surface area contributed by atoms with Crippen molar-refractivity contribution in [2.45, 2.75) is 25.7 Å². The molecule has 1 aliphatic rings. The second-order valence-electron chi connectivity index (χ2n) is 4.95. The molecule has 1 aliphatic carbocycles. The summed E-state index contributed by atoms with van der Waals surface area (Å²) in [4.78, 5) is 16.4. The molecule has 0 aliphatic heterocycles. The number of methoxy groups -OCH3 is 1. The van der Waals surface area contributed by atoms with Crippen LogP contribution in [0.4, 0.5) is 5.69 Å². The first-order valence-corrected chi connectivity index (χ1v) is 6.74. The number of carbonyl (C=O) groups excluding carboxylic acids is 1. The average molecular weight is 271 g/mol. The van der Waals surface area contributed by atoms with Gasteiger partial charge in [0, 0.05) is 5.69 Å². The zero-order valence-corrected chi connectivity index (χ0v) is 11.4. The Morgan fingerprint density at radius 1 is 1.35 bits per heavy atom. The highest BCUT2D eigenvalue weighted by molar-refractivity contribution is 5.96. The molecule has 0 saturated heterocycles. The van der Waals surface area contributed by atoms with Gasteiger partial charge in [0.25, 0.3) is 0 Å². The van der Waals surface area contributed by atoms with Crippen LogP contribution < -0.4 is 5.73 Å². The van der Waals surface area contributed by atoms with Crippen LogP contribution in [0.3, 0.4) is 0 Å². The average Bonchev–Trinajstić information content (AvgIpc) is 2.90. The molecule has 0 spiro atoms. The van der Waals surface area contributed by atoms with Gasteiger partial charge in [0.05, 0.1) is 36.1 Å². The van der Waals surface area contributed by atoms with Gasteiger partial charge in [-0.3, -0.25) is 0 Å². The van der Waals surface area contributed by atoms with Crippen LogP contribution >= 0.6 is 0 Å². The Kier molecular flexibility index (Phi) is 3.18. The quantitative estimate of drug-likeness (QED) is 0.671. The van der Waals surface area contributed by atoms with Gasteiger partial charge in [-0.2, -0.15) is 0 Å². The predicted octanol–water partition coefficient (Wildman–Crippen LogP) is 2.12. The summed E-state index contributed by atoms with van der Waals surface area (Å²) in [5, 5.41) is 0. The van der Waals surface area contributed by atoms with Crippen LogP contribution in [-0.2, 0) is 17.6 Å². The van der Waals surface area contributed by atoms with Crippen molar-refractivity contribution >= 4 is 11.7 Å². The summed E-state index contributed by atoms with van der Waals surface area (Å²) in [6.07, 6.45) is 6.01. The van der Waals surface area contributed by atoms with E-state index >= 15 is 0 Å². The molecule has 3 rings (SSSR count). The Balaban J connectivity index is 2.19. The summed E-state index contributed by atoms with van der Waals surface area (Å²) >= 11 is 0. The molecule has 0 saturated carbocycles. The second-order valence-corrected chi connectivity index (χ2v) is 4.95. The van der Waals surface area contributed by atoms with E-state index in [1.807, 2.05) is 4.57 Å². The van der Waals surface area contributed by atoms with Crippen LogP contribution in [-0.4, -0.2) is 22.6 Å². The molecule has 20 heavy (non-hydrogen) atoms. The lowest BCUT2D eigenvalue weighted by atomic mass is 10.0. The highest BCUT2D eigenvalue weighted by Crippen LogP contribution is 2.28.